The number of rotatable bonds is 3. The van der Waals surface area contributed by atoms with E-state index in [1.165, 1.54) is 4.90 Å². The minimum Gasteiger partial charge on any atom is -0.336 e. The maximum Gasteiger partial charge on any atom is 0.319 e. The van der Waals surface area contributed by atoms with Crippen molar-refractivity contribution in [2.75, 3.05) is 27.2 Å². The molecule has 1 fully saturated rings. The number of hydrogen-bond donors (Lipinski definition) is 1. The summed E-state index contributed by atoms with van der Waals surface area (Å²) in [7, 11) is 3.43. The monoisotopic (exact) mass is 348 g/mol. The largest absolute Gasteiger partial charge is 0.336 e. The van der Waals surface area contributed by atoms with Crippen molar-refractivity contribution in [2.24, 2.45) is 5.92 Å². The van der Waals surface area contributed by atoms with Crippen LogP contribution >= 0.6 is 11.6 Å². The highest BCUT2D eigenvalue weighted by Gasteiger charge is 2.29. The predicted molar refractivity (Wildman–Crippen MR) is 91.3 cm³/mol. The van der Waals surface area contributed by atoms with Gasteiger partial charge in [0.1, 0.15) is 6.04 Å². The maximum absolute atomic E-state index is 12.4. The molecule has 3 amide bonds. The molecule has 1 aromatic rings. The van der Waals surface area contributed by atoms with Gasteiger partial charge in [-0.05, 0) is 30.5 Å². The number of hydrogen-bond acceptors (Lipinski definition) is 3. The Morgan fingerprint density at radius 1 is 1.29 bits per heavy atom. The summed E-state index contributed by atoms with van der Waals surface area (Å²) in [5.41, 5.74) is 0.704. The average Bonchev–Trinajstić information content (AvgIpc) is 2.59. The number of benzene rings is 1. The van der Waals surface area contributed by atoms with E-state index < -0.39 is 6.04 Å². The molecule has 0 aliphatic carbocycles. The lowest BCUT2D eigenvalue weighted by Gasteiger charge is -2.33. The highest BCUT2D eigenvalue weighted by atomic mass is 35.5. The number of nitrogens with one attached hydrogen (secondary N) is 1. The van der Waals surface area contributed by atoms with Crippen LogP contribution in [0.25, 0.3) is 0 Å². The van der Waals surface area contributed by atoms with Crippen molar-refractivity contribution in [3.05, 3.63) is 34.9 Å². The zero-order valence-electron chi connectivity index (χ0n) is 13.8. The van der Waals surface area contributed by atoms with Crippen molar-refractivity contribution in [2.45, 2.75) is 18.9 Å². The molecule has 1 N–H and O–H groups in total. The molecule has 1 heterocycles. The molecule has 0 radical (unpaired) electrons. The Morgan fingerprint density at radius 3 is 2.38 bits per heavy atom. The molecule has 6 nitrogen and oxygen atoms in total. The molecule has 1 aromatic carbocycles. The fourth-order valence-corrected chi connectivity index (χ4v) is 2.85. The van der Waals surface area contributed by atoms with Gasteiger partial charge in [0.25, 0.3) is 0 Å². The Morgan fingerprint density at radius 2 is 1.88 bits per heavy atom. The highest BCUT2D eigenvalue weighted by Crippen LogP contribution is 2.21. The molecule has 1 aliphatic heterocycles. The third kappa shape index (κ3) is 4.39. The summed E-state index contributed by atoms with van der Waals surface area (Å²) in [6.07, 6.45) is 1.20. The summed E-state index contributed by atoms with van der Waals surface area (Å²) in [5, 5.41) is 12.7. The topological polar surface area (TPSA) is 76.4 Å². The van der Waals surface area contributed by atoms with E-state index in [1.54, 1.807) is 43.3 Å². The third-order valence-corrected chi connectivity index (χ3v) is 4.39. The molecule has 0 saturated carbocycles. The molecule has 1 aliphatic rings. The number of urea groups is 1. The highest BCUT2D eigenvalue weighted by molar-refractivity contribution is 6.30. The number of piperidine rings is 1. The average molecular weight is 349 g/mol. The zero-order chi connectivity index (χ0) is 17.7. The molecule has 0 aromatic heterocycles. The zero-order valence-corrected chi connectivity index (χ0v) is 14.6. The van der Waals surface area contributed by atoms with Crippen LogP contribution in [0.15, 0.2) is 24.3 Å². The molecule has 7 heteroatoms. The summed E-state index contributed by atoms with van der Waals surface area (Å²) < 4.78 is 0. The van der Waals surface area contributed by atoms with Gasteiger partial charge in [-0.3, -0.25) is 4.79 Å². The lowest BCUT2D eigenvalue weighted by Crippen LogP contribution is -2.46. The van der Waals surface area contributed by atoms with Gasteiger partial charge in [-0.1, -0.05) is 23.7 Å². The van der Waals surface area contributed by atoms with Crippen molar-refractivity contribution in [1.82, 2.24) is 15.1 Å². The van der Waals surface area contributed by atoms with Crippen molar-refractivity contribution in [3.8, 4) is 6.07 Å². The summed E-state index contributed by atoms with van der Waals surface area (Å²) in [6.45, 7) is 1.10. The molecule has 1 unspecified atom stereocenters. The van der Waals surface area contributed by atoms with Gasteiger partial charge in [0.15, 0.2) is 0 Å². The smallest absolute Gasteiger partial charge is 0.319 e. The first-order chi connectivity index (χ1) is 11.4. The second kappa shape index (κ2) is 8.02. The number of nitrogens with zero attached hydrogens (tertiary/aromatic N) is 3. The van der Waals surface area contributed by atoms with Crippen LogP contribution in [0.2, 0.25) is 5.02 Å². The number of carbonyl (C=O) groups excluding carboxylic acids is 2. The van der Waals surface area contributed by atoms with E-state index in [2.05, 4.69) is 11.4 Å². The summed E-state index contributed by atoms with van der Waals surface area (Å²) in [5.74, 6) is -0.326. The summed E-state index contributed by atoms with van der Waals surface area (Å²) in [6, 6.07) is 8.22. The molecule has 0 bridgehead atoms. The van der Waals surface area contributed by atoms with E-state index in [1.807, 2.05) is 0 Å². The Bertz CT molecular complexity index is 631. The number of halogens is 1. The minimum atomic E-state index is -0.698. The first-order valence-electron chi connectivity index (χ1n) is 7.84. The molecule has 24 heavy (non-hydrogen) atoms. The third-order valence-electron chi connectivity index (χ3n) is 4.14. The number of likely N-dealkylation sites (tertiary alicyclic amines) is 1. The van der Waals surface area contributed by atoms with Crippen LogP contribution in [-0.2, 0) is 4.79 Å². The predicted octanol–water partition coefficient (Wildman–Crippen LogP) is 2.41. The van der Waals surface area contributed by atoms with Crippen molar-refractivity contribution < 1.29 is 9.59 Å². The number of nitriles is 1. The van der Waals surface area contributed by atoms with Crippen LogP contribution in [0.5, 0.6) is 0 Å². The molecule has 128 valence electrons. The fraction of sp³-hybridized carbons (Fsp3) is 0.471. The lowest BCUT2D eigenvalue weighted by molar-refractivity contribution is -0.126. The molecular weight excluding hydrogens is 328 g/mol. The molecular formula is C17H21ClN4O2. The second-order valence-corrected chi connectivity index (χ2v) is 6.50. The van der Waals surface area contributed by atoms with Crippen LogP contribution < -0.4 is 5.32 Å². The van der Waals surface area contributed by atoms with Crippen LogP contribution in [-0.4, -0.2) is 48.9 Å². The Hall–Kier alpha value is -2.26. The van der Waals surface area contributed by atoms with Gasteiger partial charge in [0, 0.05) is 38.1 Å². The van der Waals surface area contributed by atoms with Gasteiger partial charge < -0.3 is 15.1 Å². The van der Waals surface area contributed by atoms with Crippen molar-refractivity contribution >= 4 is 23.5 Å². The van der Waals surface area contributed by atoms with E-state index in [0.29, 0.717) is 36.5 Å². The van der Waals surface area contributed by atoms with Crippen LogP contribution in [0.1, 0.15) is 24.4 Å². The van der Waals surface area contributed by atoms with Gasteiger partial charge in [-0.2, -0.15) is 5.26 Å². The minimum absolute atomic E-state index is 0.0371. The number of carbonyl (C=O) groups is 2. The van der Waals surface area contributed by atoms with E-state index in [-0.39, 0.29) is 17.9 Å². The van der Waals surface area contributed by atoms with E-state index in [4.69, 9.17) is 11.6 Å². The SMILES string of the molecule is CN(C)C(=O)N1CCC(C(=O)NC(C#N)c2ccc(Cl)cc2)CC1. The van der Waals surface area contributed by atoms with Crippen molar-refractivity contribution in [1.29, 1.82) is 5.26 Å². The summed E-state index contributed by atoms with van der Waals surface area (Å²) >= 11 is 5.84. The molecule has 1 saturated heterocycles. The Balaban J connectivity index is 1.92. The maximum atomic E-state index is 12.4. The molecule has 0 spiro atoms. The molecule has 2 rings (SSSR count). The van der Waals surface area contributed by atoms with Crippen LogP contribution in [0.4, 0.5) is 4.79 Å². The van der Waals surface area contributed by atoms with Gasteiger partial charge >= 0.3 is 6.03 Å². The van der Waals surface area contributed by atoms with E-state index in [0.717, 1.165) is 0 Å². The Labute approximate surface area is 147 Å². The van der Waals surface area contributed by atoms with Crippen molar-refractivity contribution in [3.63, 3.8) is 0 Å². The Kier molecular flexibility index (Phi) is 6.04. The van der Waals surface area contributed by atoms with Crippen LogP contribution in [0.3, 0.4) is 0 Å². The first-order valence-corrected chi connectivity index (χ1v) is 8.22. The lowest BCUT2D eigenvalue weighted by atomic mass is 9.95. The van der Waals surface area contributed by atoms with Gasteiger partial charge in [-0.25, -0.2) is 4.79 Å². The quantitative estimate of drug-likeness (QED) is 0.911. The van der Waals surface area contributed by atoms with Gasteiger partial charge in [0.2, 0.25) is 5.91 Å². The van der Waals surface area contributed by atoms with E-state index >= 15 is 0 Å². The summed E-state index contributed by atoms with van der Waals surface area (Å²) in [4.78, 5) is 27.6. The van der Waals surface area contributed by atoms with Gasteiger partial charge in [0.05, 0.1) is 6.07 Å². The standard InChI is InChI=1S/C17H21ClN4O2/c1-21(2)17(24)22-9-7-13(8-10-22)16(23)20-15(11-19)12-3-5-14(18)6-4-12/h3-6,13,15H,7-10H2,1-2H3,(H,20,23). The van der Waals surface area contributed by atoms with Gasteiger partial charge in [-0.15, -0.1) is 0 Å². The van der Waals surface area contributed by atoms with Crippen LogP contribution in [0, 0.1) is 17.2 Å². The molecule has 1 atom stereocenters. The van der Waals surface area contributed by atoms with E-state index in [9.17, 15) is 14.9 Å². The number of amides is 3. The fourth-order valence-electron chi connectivity index (χ4n) is 2.72. The second-order valence-electron chi connectivity index (χ2n) is 6.06. The first kappa shape index (κ1) is 18.1. The normalized spacial score (nSPS) is 16.2.